The van der Waals surface area contributed by atoms with Crippen LogP contribution in [0.1, 0.15) is 36.6 Å². The molecule has 214 valence electrons. The number of urea groups is 1. The van der Waals surface area contributed by atoms with Gasteiger partial charge in [-0.3, -0.25) is 14.3 Å². The highest BCUT2D eigenvalue weighted by atomic mass is 35.5. The summed E-state index contributed by atoms with van der Waals surface area (Å²) in [5.74, 6) is 0.152. The molecule has 0 bridgehead atoms. The molecule has 5 rings (SSSR count). The number of anilines is 1. The summed E-state index contributed by atoms with van der Waals surface area (Å²) in [5.41, 5.74) is 5.23. The Labute approximate surface area is 229 Å². The molecule has 4 unspecified atom stereocenters. The number of nitrogens with zero attached hydrogens (tertiary/aromatic N) is 4. The second kappa shape index (κ2) is 11.4. The van der Waals surface area contributed by atoms with Gasteiger partial charge in [0.05, 0.1) is 18.8 Å². The highest BCUT2D eigenvalue weighted by Crippen LogP contribution is 2.47. The Morgan fingerprint density at radius 1 is 1.32 bits per heavy atom. The van der Waals surface area contributed by atoms with Crippen LogP contribution in [0.3, 0.4) is 0 Å². The van der Waals surface area contributed by atoms with Crippen molar-refractivity contribution in [3.63, 3.8) is 0 Å². The molecule has 16 heteroatoms. The highest BCUT2D eigenvalue weighted by Gasteiger charge is 2.58. The SMILES string of the molecule is Cc1cn(C2CC(N=[N+]=[N-])C(CO)O2)c(=O)[nH]c1=O.O=C1Nc2ccc(Cl)cc2C(C=CC2CC2)(C(F)(F)F)N1. The van der Waals surface area contributed by atoms with Crippen LogP contribution in [0.25, 0.3) is 10.4 Å². The molecule has 0 spiro atoms. The first-order valence-electron chi connectivity index (χ1n) is 12.2. The Hall–Kier alpha value is -3.78. The molecule has 2 amide bonds. The number of azide groups is 1. The van der Waals surface area contributed by atoms with Gasteiger partial charge in [-0.05, 0) is 55.5 Å². The average molecular weight is 584 g/mol. The van der Waals surface area contributed by atoms with Crippen LogP contribution >= 0.6 is 11.6 Å². The number of fused-ring (bicyclic) bond motifs is 1. The zero-order valence-electron chi connectivity index (χ0n) is 21.0. The van der Waals surface area contributed by atoms with Crippen molar-refractivity contribution in [2.24, 2.45) is 11.0 Å². The third-order valence-electron chi connectivity index (χ3n) is 6.69. The lowest BCUT2D eigenvalue weighted by molar-refractivity contribution is -0.181. The van der Waals surface area contributed by atoms with Crippen LogP contribution in [0.2, 0.25) is 5.02 Å². The van der Waals surface area contributed by atoms with Gasteiger partial charge in [0.1, 0.15) is 6.23 Å². The molecule has 1 aliphatic carbocycles. The van der Waals surface area contributed by atoms with Crippen molar-refractivity contribution in [1.29, 1.82) is 0 Å². The van der Waals surface area contributed by atoms with E-state index in [1.165, 1.54) is 35.0 Å². The number of halogens is 4. The Morgan fingerprint density at radius 3 is 2.67 bits per heavy atom. The van der Waals surface area contributed by atoms with E-state index >= 15 is 0 Å². The molecule has 40 heavy (non-hydrogen) atoms. The molecule has 1 aromatic carbocycles. The average Bonchev–Trinajstić information content (AvgIpc) is 3.63. The van der Waals surface area contributed by atoms with Crippen molar-refractivity contribution in [2.45, 2.75) is 56.3 Å². The van der Waals surface area contributed by atoms with E-state index in [4.69, 9.17) is 27.0 Å². The van der Waals surface area contributed by atoms with Gasteiger partial charge in [-0.25, -0.2) is 9.59 Å². The Kier molecular flexibility index (Phi) is 8.30. The molecule has 2 fully saturated rings. The van der Waals surface area contributed by atoms with Gasteiger partial charge >= 0.3 is 17.9 Å². The summed E-state index contributed by atoms with van der Waals surface area (Å²) in [5, 5.41) is 17.2. The van der Waals surface area contributed by atoms with Crippen molar-refractivity contribution in [1.82, 2.24) is 14.9 Å². The molecular weight excluding hydrogens is 559 g/mol. The third-order valence-corrected chi connectivity index (χ3v) is 6.93. The Bertz CT molecular complexity index is 1480. The molecule has 2 aliphatic heterocycles. The van der Waals surface area contributed by atoms with Crippen LogP contribution in [0, 0.1) is 12.8 Å². The van der Waals surface area contributed by atoms with Crippen LogP contribution in [-0.2, 0) is 10.3 Å². The van der Waals surface area contributed by atoms with E-state index in [1.54, 1.807) is 6.92 Å². The molecule has 3 aliphatic rings. The van der Waals surface area contributed by atoms with E-state index < -0.39 is 47.4 Å². The van der Waals surface area contributed by atoms with E-state index in [0.717, 1.165) is 18.9 Å². The number of carbonyl (C=O) groups is 1. The maximum absolute atomic E-state index is 13.7. The molecule has 12 nitrogen and oxygen atoms in total. The summed E-state index contributed by atoms with van der Waals surface area (Å²) in [4.78, 5) is 39.5. The molecule has 3 heterocycles. The predicted octanol–water partition coefficient (Wildman–Crippen LogP) is 4.00. The number of aliphatic hydroxyl groups excluding tert-OH is 1. The largest absolute Gasteiger partial charge is 0.419 e. The van der Waals surface area contributed by atoms with Crippen LogP contribution < -0.4 is 21.9 Å². The van der Waals surface area contributed by atoms with E-state index in [1.807, 2.05) is 5.32 Å². The van der Waals surface area contributed by atoms with Crippen LogP contribution in [0.5, 0.6) is 0 Å². The third kappa shape index (κ3) is 6.02. The normalized spacial score (nSPS) is 25.8. The van der Waals surface area contributed by atoms with Crippen molar-refractivity contribution >= 4 is 23.3 Å². The number of aromatic nitrogens is 2. The molecule has 0 radical (unpaired) electrons. The van der Waals surface area contributed by atoms with Crippen LogP contribution in [0.4, 0.5) is 23.7 Å². The van der Waals surface area contributed by atoms with Gasteiger partial charge in [-0.15, -0.1) is 0 Å². The standard InChI is InChI=1S/C14H12ClF3N2O.C10H13N5O4/c15-9-3-4-11-10(7-9)13(14(16,17)18,20-12(21)19-11)6-5-8-1-2-8;1-5-3-15(10(18)12-9(5)17)8-2-6(13-14-11)7(4-16)19-8/h3-8H,1-2H2,(H2,19,20,21);3,6-8,16H,2,4H2,1H3,(H,12,17,18). The summed E-state index contributed by atoms with van der Waals surface area (Å²) >= 11 is 5.83. The molecule has 2 aromatic rings. The van der Waals surface area contributed by atoms with E-state index in [9.17, 15) is 27.6 Å². The summed E-state index contributed by atoms with van der Waals surface area (Å²) in [7, 11) is 0. The Morgan fingerprint density at radius 2 is 2.05 bits per heavy atom. The van der Waals surface area contributed by atoms with E-state index in [0.29, 0.717) is 5.56 Å². The number of rotatable bonds is 5. The lowest BCUT2D eigenvalue weighted by Crippen LogP contribution is -2.58. The lowest BCUT2D eigenvalue weighted by atomic mass is 9.85. The minimum Gasteiger partial charge on any atom is -0.394 e. The number of amides is 2. The predicted molar refractivity (Wildman–Crippen MR) is 138 cm³/mol. The minimum absolute atomic E-state index is 0.0981. The number of hydrogen-bond donors (Lipinski definition) is 4. The quantitative estimate of drug-likeness (QED) is 0.180. The number of aryl methyl sites for hydroxylation is 1. The molecule has 4 N–H and O–H groups in total. The van der Waals surface area contributed by atoms with E-state index in [2.05, 4.69) is 20.3 Å². The smallest absolute Gasteiger partial charge is 0.394 e. The Balaban J connectivity index is 0.000000186. The van der Waals surface area contributed by atoms with Crippen molar-refractivity contribution in [2.75, 3.05) is 11.9 Å². The molecular formula is C24H25ClF3N7O5. The second-order valence-electron chi connectivity index (χ2n) is 9.57. The van der Waals surface area contributed by atoms with Crippen molar-refractivity contribution in [3.8, 4) is 0 Å². The van der Waals surface area contributed by atoms with Crippen LogP contribution in [0.15, 0.2) is 51.3 Å². The monoisotopic (exact) mass is 583 g/mol. The van der Waals surface area contributed by atoms with Crippen LogP contribution in [-0.4, -0.2) is 45.6 Å². The molecule has 1 saturated carbocycles. The fourth-order valence-electron chi connectivity index (χ4n) is 4.41. The number of carbonyl (C=O) groups excluding carboxylic acids is 1. The minimum atomic E-state index is -4.67. The van der Waals surface area contributed by atoms with Crippen molar-refractivity contribution in [3.05, 3.63) is 84.0 Å². The molecule has 1 saturated heterocycles. The number of alkyl halides is 3. The van der Waals surface area contributed by atoms with Gasteiger partial charge in [-0.1, -0.05) is 22.8 Å². The highest BCUT2D eigenvalue weighted by molar-refractivity contribution is 6.30. The fourth-order valence-corrected chi connectivity index (χ4v) is 4.58. The fraction of sp³-hybridized carbons (Fsp3) is 0.458. The van der Waals surface area contributed by atoms with Gasteiger partial charge in [0.2, 0.25) is 0 Å². The summed E-state index contributed by atoms with van der Waals surface area (Å²) in [6, 6.07) is 2.62. The van der Waals surface area contributed by atoms with E-state index in [-0.39, 0.29) is 35.2 Å². The summed E-state index contributed by atoms with van der Waals surface area (Å²) < 4.78 is 47.8. The zero-order valence-corrected chi connectivity index (χ0v) is 21.7. The maximum atomic E-state index is 13.7. The second-order valence-corrected chi connectivity index (χ2v) is 10.0. The van der Waals surface area contributed by atoms with Gasteiger partial charge in [0.25, 0.3) is 5.56 Å². The van der Waals surface area contributed by atoms with Gasteiger partial charge < -0.3 is 20.5 Å². The number of H-pyrrole nitrogens is 1. The molecule has 1 aromatic heterocycles. The maximum Gasteiger partial charge on any atom is 0.419 e. The van der Waals surface area contributed by atoms with Gasteiger partial charge in [0.15, 0.2) is 5.54 Å². The number of allylic oxidation sites excluding steroid dienone is 1. The number of aliphatic hydroxyl groups is 1. The summed E-state index contributed by atoms with van der Waals surface area (Å²) in [6.07, 6.45) is -0.0363. The molecule has 4 atom stereocenters. The first-order valence-corrected chi connectivity index (χ1v) is 12.5. The number of hydrogen-bond acceptors (Lipinski definition) is 6. The number of benzene rings is 1. The number of aromatic amines is 1. The van der Waals surface area contributed by atoms with Gasteiger partial charge in [-0.2, -0.15) is 13.2 Å². The zero-order chi connectivity index (χ0) is 29.2. The first-order chi connectivity index (χ1) is 18.9. The first kappa shape index (κ1) is 29.2. The van der Waals surface area contributed by atoms with Gasteiger partial charge in [0, 0.05) is 39.4 Å². The number of nitrogens with one attached hydrogen (secondary N) is 3. The number of ether oxygens (including phenoxy) is 1. The summed E-state index contributed by atoms with van der Waals surface area (Å²) in [6.45, 7) is 1.26. The lowest BCUT2D eigenvalue weighted by Gasteiger charge is -2.39. The van der Waals surface area contributed by atoms with Crippen molar-refractivity contribution < 1.29 is 27.8 Å². The topological polar surface area (TPSA) is 174 Å².